The van der Waals surface area contributed by atoms with Crippen LogP contribution in [0, 0.1) is 0 Å². The summed E-state index contributed by atoms with van der Waals surface area (Å²) in [6.45, 7) is 6.01. The molecule has 0 unspecified atom stereocenters. The van der Waals surface area contributed by atoms with Crippen molar-refractivity contribution in [1.82, 2.24) is 9.97 Å². The van der Waals surface area contributed by atoms with E-state index in [1.165, 1.54) is 5.56 Å². The van der Waals surface area contributed by atoms with Crippen LogP contribution in [0.15, 0.2) is 54.9 Å². The molecule has 0 aliphatic rings. The van der Waals surface area contributed by atoms with Gasteiger partial charge in [-0.15, -0.1) is 0 Å². The number of carbonyl (C=O) groups is 2. The maximum absolute atomic E-state index is 12.1. The Balaban J connectivity index is 1.57. The Hall–Kier alpha value is -3.28. The van der Waals surface area contributed by atoms with Gasteiger partial charge in [-0.05, 0) is 41.3 Å². The Labute approximate surface area is 157 Å². The number of carbonyl (C=O) groups excluding carboxylic acids is 2. The molecule has 1 heterocycles. The Bertz CT molecular complexity index is 976. The van der Waals surface area contributed by atoms with E-state index in [1.54, 1.807) is 30.6 Å². The van der Waals surface area contributed by atoms with Crippen LogP contribution in [0.25, 0.3) is 11.0 Å². The molecule has 0 aliphatic heterocycles. The molecule has 0 fully saturated rings. The fraction of sp³-hybridized carbons (Fsp3) is 0.238. The number of nitrogens with one attached hydrogen (secondary N) is 1. The van der Waals surface area contributed by atoms with Crippen molar-refractivity contribution in [2.24, 2.45) is 0 Å². The van der Waals surface area contributed by atoms with E-state index in [-0.39, 0.29) is 12.0 Å². The molecule has 0 saturated carbocycles. The zero-order chi connectivity index (χ0) is 19.4. The lowest BCUT2D eigenvalue weighted by Crippen LogP contribution is -2.21. The number of fused-ring (bicyclic) bond motifs is 1. The number of hydrogen-bond donors (Lipinski definition) is 1. The number of esters is 1. The molecule has 6 nitrogen and oxygen atoms in total. The van der Waals surface area contributed by atoms with Gasteiger partial charge in [-0.25, -0.2) is 4.79 Å². The Morgan fingerprint density at radius 2 is 1.63 bits per heavy atom. The first-order valence-corrected chi connectivity index (χ1v) is 8.61. The van der Waals surface area contributed by atoms with Crippen LogP contribution in [0.3, 0.4) is 0 Å². The van der Waals surface area contributed by atoms with E-state index in [1.807, 2.05) is 24.3 Å². The molecule has 0 atom stereocenters. The summed E-state index contributed by atoms with van der Waals surface area (Å²) in [6, 6.07) is 12.5. The molecule has 0 aliphatic carbocycles. The number of benzene rings is 2. The molecule has 0 bridgehead atoms. The summed E-state index contributed by atoms with van der Waals surface area (Å²) in [5, 5.41) is 2.72. The van der Waals surface area contributed by atoms with Crippen molar-refractivity contribution >= 4 is 28.6 Å². The largest absolute Gasteiger partial charge is 0.452 e. The summed E-state index contributed by atoms with van der Waals surface area (Å²) < 4.78 is 5.09. The number of amides is 1. The highest BCUT2D eigenvalue weighted by molar-refractivity contribution is 5.97. The van der Waals surface area contributed by atoms with Crippen LogP contribution in [-0.4, -0.2) is 28.5 Å². The third-order valence-corrected chi connectivity index (χ3v) is 4.07. The molecule has 27 heavy (non-hydrogen) atoms. The van der Waals surface area contributed by atoms with Gasteiger partial charge in [0, 0.05) is 18.1 Å². The topological polar surface area (TPSA) is 81.2 Å². The zero-order valence-electron chi connectivity index (χ0n) is 15.5. The number of rotatable bonds is 4. The highest BCUT2D eigenvalue weighted by Crippen LogP contribution is 2.23. The molecule has 0 saturated heterocycles. The Morgan fingerprint density at radius 1 is 0.963 bits per heavy atom. The molecule has 1 amide bonds. The summed E-state index contributed by atoms with van der Waals surface area (Å²) in [4.78, 5) is 32.5. The molecule has 3 rings (SSSR count). The van der Waals surface area contributed by atoms with Crippen molar-refractivity contribution in [2.75, 3.05) is 11.9 Å². The van der Waals surface area contributed by atoms with E-state index < -0.39 is 11.9 Å². The van der Waals surface area contributed by atoms with Gasteiger partial charge in [0.05, 0.1) is 16.6 Å². The number of aromatic nitrogens is 2. The SMILES string of the molecule is CC(C)(C)c1ccc(NC(=O)COC(=O)c2ccc3nccnc3c2)cc1. The fourth-order valence-corrected chi connectivity index (χ4v) is 2.56. The van der Waals surface area contributed by atoms with Crippen LogP contribution in [0.2, 0.25) is 0 Å². The second-order valence-electron chi connectivity index (χ2n) is 7.21. The monoisotopic (exact) mass is 363 g/mol. The average Bonchev–Trinajstić information content (AvgIpc) is 2.65. The summed E-state index contributed by atoms with van der Waals surface area (Å²) in [7, 11) is 0. The lowest BCUT2D eigenvalue weighted by molar-refractivity contribution is -0.119. The molecule has 0 spiro atoms. The van der Waals surface area contributed by atoms with E-state index >= 15 is 0 Å². The van der Waals surface area contributed by atoms with E-state index in [0.29, 0.717) is 22.3 Å². The van der Waals surface area contributed by atoms with Crippen LogP contribution >= 0.6 is 0 Å². The maximum Gasteiger partial charge on any atom is 0.338 e. The van der Waals surface area contributed by atoms with Gasteiger partial charge in [0.1, 0.15) is 0 Å². The van der Waals surface area contributed by atoms with Gasteiger partial charge in [-0.1, -0.05) is 32.9 Å². The normalized spacial score (nSPS) is 11.2. The quantitative estimate of drug-likeness (QED) is 0.715. The molecule has 2 aromatic carbocycles. The van der Waals surface area contributed by atoms with Gasteiger partial charge in [-0.2, -0.15) is 0 Å². The lowest BCUT2D eigenvalue weighted by atomic mass is 9.87. The summed E-state index contributed by atoms with van der Waals surface area (Å²) in [6.07, 6.45) is 3.13. The van der Waals surface area contributed by atoms with Gasteiger partial charge in [-0.3, -0.25) is 14.8 Å². The first kappa shape index (κ1) is 18.5. The van der Waals surface area contributed by atoms with Crippen molar-refractivity contribution in [1.29, 1.82) is 0 Å². The Morgan fingerprint density at radius 3 is 2.30 bits per heavy atom. The van der Waals surface area contributed by atoms with E-state index in [0.717, 1.165) is 0 Å². The Kier molecular flexibility index (Phi) is 5.16. The van der Waals surface area contributed by atoms with Crippen molar-refractivity contribution in [3.63, 3.8) is 0 Å². The molecule has 1 N–H and O–H groups in total. The molecular weight excluding hydrogens is 342 g/mol. The minimum absolute atomic E-state index is 0.0440. The summed E-state index contributed by atoms with van der Waals surface area (Å²) >= 11 is 0. The van der Waals surface area contributed by atoms with Crippen molar-refractivity contribution < 1.29 is 14.3 Å². The fourth-order valence-electron chi connectivity index (χ4n) is 2.56. The average molecular weight is 363 g/mol. The van der Waals surface area contributed by atoms with Crippen LogP contribution < -0.4 is 5.32 Å². The first-order chi connectivity index (χ1) is 12.8. The number of nitrogens with zero attached hydrogens (tertiary/aromatic N) is 2. The van der Waals surface area contributed by atoms with Gasteiger partial charge >= 0.3 is 5.97 Å². The van der Waals surface area contributed by atoms with Crippen LogP contribution in [0.5, 0.6) is 0 Å². The zero-order valence-corrected chi connectivity index (χ0v) is 15.5. The van der Waals surface area contributed by atoms with Gasteiger partial charge in [0.25, 0.3) is 5.91 Å². The van der Waals surface area contributed by atoms with Crippen molar-refractivity contribution in [3.8, 4) is 0 Å². The van der Waals surface area contributed by atoms with Gasteiger partial charge < -0.3 is 10.1 Å². The molecule has 0 radical (unpaired) electrons. The first-order valence-electron chi connectivity index (χ1n) is 8.61. The summed E-state index contributed by atoms with van der Waals surface area (Å²) in [5.41, 5.74) is 3.48. The molecular formula is C21H21N3O3. The van der Waals surface area contributed by atoms with Gasteiger partial charge in [0.2, 0.25) is 0 Å². The van der Waals surface area contributed by atoms with E-state index in [2.05, 4.69) is 36.1 Å². The molecule has 3 aromatic rings. The smallest absolute Gasteiger partial charge is 0.338 e. The molecule has 138 valence electrons. The van der Waals surface area contributed by atoms with Crippen molar-refractivity contribution in [3.05, 3.63) is 66.0 Å². The predicted octanol–water partition coefficient (Wildman–Crippen LogP) is 3.72. The van der Waals surface area contributed by atoms with Gasteiger partial charge in [0.15, 0.2) is 6.61 Å². The highest BCUT2D eigenvalue weighted by atomic mass is 16.5. The third kappa shape index (κ3) is 4.67. The second-order valence-corrected chi connectivity index (χ2v) is 7.21. The van der Waals surface area contributed by atoms with E-state index in [9.17, 15) is 9.59 Å². The second kappa shape index (κ2) is 7.53. The predicted molar refractivity (Wildman–Crippen MR) is 104 cm³/mol. The molecule has 1 aromatic heterocycles. The highest BCUT2D eigenvalue weighted by Gasteiger charge is 2.14. The third-order valence-electron chi connectivity index (χ3n) is 4.07. The van der Waals surface area contributed by atoms with Crippen LogP contribution in [-0.2, 0) is 14.9 Å². The number of ether oxygens (including phenoxy) is 1. The van der Waals surface area contributed by atoms with E-state index in [4.69, 9.17) is 4.74 Å². The number of anilines is 1. The standard InChI is InChI=1S/C21H21N3O3/c1-21(2,3)15-5-7-16(8-6-15)24-19(25)13-27-20(26)14-4-9-17-18(12-14)23-11-10-22-17/h4-12H,13H2,1-3H3,(H,24,25). The minimum atomic E-state index is -0.583. The molecule has 6 heteroatoms. The van der Waals surface area contributed by atoms with Crippen LogP contribution in [0.4, 0.5) is 5.69 Å². The summed E-state index contributed by atoms with van der Waals surface area (Å²) in [5.74, 6) is -0.978. The maximum atomic E-state index is 12.1. The lowest BCUT2D eigenvalue weighted by Gasteiger charge is -2.19. The van der Waals surface area contributed by atoms with Crippen molar-refractivity contribution in [2.45, 2.75) is 26.2 Å². The number of hydrogen-bond acceptors (Lipinski definition) is 5. The van der Waals surface area contributed by atoms with Crippen LogP contribution in [0.1, 0.15) is 36.7 Å². The minimum Gasteiger partial charge on any atom is -0.452 e.